The highest BCUT2D eigenvalue weighted by Crippen LogP contribution is 2.46. The lowest BCUT2D eigenvalue weighted by Gasteiger charge is -2.10. The first-order chi connectivity index (χ1) is 17.4. The van der Waals surface area contributed by atoms with Gasteiger partial charge in [0.05, 0.1) is 26.2 Å². The number of nitrogens with zero attached hydrogens (tertiary/aromatic N) is 2. The van der Waals surface area contributed by atoms with E-state index in [2.05, 4.69) is 22.0 Å². The summed E-state index contributed by atoms with van der Waals surface area (Å²) in [5.74, 6) is 6.43. The van der Waals surface area contributed by atoms with Gasteiger partial charge in [0.1, 0.15) is 29.5 Å². The third kappa shape index (κ3) is 5.19. The third-order valence-corrected chi connectivity index (χ3v) is 6.57. The van der Waals surface area contributed by atoms with E-state index < -0.39 is 5.97 Å². The maximum atomic E-state index is 10.9. The van der Waals surface area contributed by atoms with Crippen molar-refractivity contribution in [2.24, 2.45) is 0 Å². The number of carbonyl (C=O) groups is 1. The minimum absolute atomic E-state index is 0.0951. The van der Waals surface area contributed by atoms with Crippen molar-refractivity contribution >= 4 is 40.8 Å². The van der Waals surface area contributed by atoms with E-state index >= 15 is 0 Å². The Hall–Kier alpha value is -3.50. The number of halogens is 3. The smallest absolute Gasteiger partial charge is 0.337 e. The van der Waals surface area contributed by atoms with E-state index in [-0.39, 0.29) is 12.2 Å². The van der Waals surface area contributed by atoms with Crippen molar-refractivity contribution in [2.75, 3.05) is 0 Å². The molecule has 0 bridgehead atoms. The van der Waals surface area contributed by atoms with Gasteiger partial charge in [-0.2, -0.15) is 0 Å². The summed E-state index contributed by atoms with van der Waals surface area (Å²) in [6.07, 6.45) is 3.32. The zero-order valence-electron chi connectivity index (χ0n) is 18.6. The summed E-state index contributed by atoms with van der Waals surface area (Å²) in [6.45, 7) is 0.202. The number of aromatic nitrogens is 2. The zero-order chi connectivity index (χ0) is 25.2. The van der Waals surface area contributed by atoms with E-state index in [9.17, 15) is 4.79 Å². The molecule has 2 aromatic carbocycles. The molecule has 1 N–H and O–H groups in total. The summed E-state index contributed by atoms with van der Waals surface area (Å²) in [5, 5.41) is 14.6. The van der Waals surface area contributed by atoms with Gasteiger partial charge < -0.3 is 14.4 Å². The number of aromatic carboxylic acids is 1. The van der Waals surface area contributed by atoms with Crippen molar-refractivity contribution < 1.29 is 19.2 Å². The first kappa shape index (κ1) is 24.2. The van der Waals surface area contributed by atoms with Crippen LogP contribution < -0.4 is 4.74 Å². The van der Waals surface area contributed by atoms with Gasteiger partial charge in [-0.3, -0.25) is 0 Å². The van der Waals surface area contributed by atoms with Crippen LogP contribution in [0.1, 0.15) is 51.7 Å². The number of rotatable bonds is 6. The topological polar surface area (TPSA) is 85.5 Å². The minimum atomic E-state index is -1.04. The van der Waals surface area contributed by atoms with Gasteiger partial charge >= 0.3 is 5.97 Å². The molecular weight excluding hydrogens is 523 g/mol. The molecule has 1 fully saturated rings. The van der Waals surface area contributed by atoms with Gasteiger partial charge in [-0.05, 0) is 55.2 Å². The SMILES string of the molecule is O=C(O)c1ccc(C#Cc2ccc(OCc3c(-c4c(Cl)cccc4Cl)noc3C3CC3)cc2Cl)nc1. The van der Waals surface area contributed by atoms with Gasteiger partial charge in [-0.25, -0.2) is 9.78 Å². The Kier molecular flexibility index (Phi) is 6.88. The molecule has 2 heterocycles. The van der Waals surface area contributed by atoms with Crippen LogP contribution in [0.5, 0.6) is 5.75 Å². The van der Waals surface area contributed by atoms with Crippen molar-refractivity contribution in [3.8, 4) is 28.8 Å². The monoisotopic (exact) mass is 538 g/mol. The Labute approximate surface area is 221 Å². The highest BCUT2D eigenvalue weighted by atomic mass is 35.5. The van der Waals surface area contributed by atoms with E-state index in [1.165, 1.54) is 12.3 Å². The molecule has 0 amide bonds. The van der Waals surface area contributed by atoms with Gasteiger partial charge in [-0.1, -0.05) is 51.9 Å². The molecule has 0 spiro atoms. The molecule has 180 valence electrons. The summed E-state index contributed by atoms with van der Waals surface area (Å²) < 4.78 is 11.7. The Morgan fingerprint density at radius 2 is 1.83 bits per heavy atom. The summed E-state index contributed by atoms with van der Waals surface area (Å²) >= 11 is 19.3. The van der Waals surface area contributed by atoms with Crippen molar-refractivity contribution in [2.45, 2.75) is 25.4 Å². The third-order valence-electron chi connectivity index (χ3n) is 5.63. The maximum absolute atomic E-state index is 10.9. The van der Waals surface area contributed by atoms with E-state index in [4.69, 9.17) is 49.2 Å². The quantitative estimate of drug-likeness (QED) is 0.260. The van der Waals surface area contributed by atoms with Crippen LogP contribution in [0.3, 0.4) is 0 Å². The number of ether oxygens (including phenoxy) is 1. The largest absolute Gasteiger partial charge is 0.489 e. The average molecular weight is 540 g/mol. The van der Waals surface area contributed by atoms with Crippen molar-refractivity contribution in [3.05, 3.63) is 97.9 Å². The molecule has 0 aliphatic heterocycles. The summed E-state index contributed by atoms with van der Waals surface area (Å²) in [6, 6.07) is 13.5. The fourth-order valence-electron chi connectivity index (χ4n) is 3.62. The van der Waals surface area contributed by atoms with Gasteiger partial charge in [0, 0.05) is 29.3 Å². The first-order valence-electron chi connectivity index (χ1n) is 11.0. The molecule has 1 aliphatic rings. The Bertz CT molecular complexity index is 1500. The molecule has 2 aromatic heterocycles. The number of benzene rings is 2. The van der Waals surface area contributed by atoms with Crippen LogP contribution in [0.4, 0.5) is 0 Å². The summed E-state index contributed by atoms with van der Waals surface area (Å²) in [7, 11) is 0. The summed E-state index contributed by atoms with van der Waals surface area (Å²) in [5.41, 5.74) is 3.11. The first-order valence-corrected chi connectivity index (χ1v) is 12.1. The molecule has 0 radical (unpaired) electrons. The molecule has 4 aromatic rings. The number of hydrogen-bond donors (Lipinski definition) is 1. The molecular formula is C27H17Cl3N2O4. The lowest BCUT2D eigenvalue weighted by atomic mass is 10.0. The predicted octanol–water partition coefficient (Wildman–Crippen LogP) is 7.25. The molecule has 1 saturated carbocycles. The standard InChI is InChI=1S/C27H17Cl3N2O4/c28-21-2-1-3-22(29)24(21)25-20(26(36-32-25)16-4-5-16)14-35-19-11-8-15(23(30)12-19)6-9-18-10-7-17(13-31-18)27(33)34/h1-3,7-8,10-13,16H,4-5,14H2,(H,33,34). The Morgan fingerprint density at radius 3 is 2.47 bits per heavy atom. The highest BCUT2D eigenvalue weighted by molar-refractivity contribution is 6.39. The Morgan fingerprint density at radius 1 is 1.06 bits per heavy atom. The molecule has 5 rings (SSSR count). The van der Waals surface area contributed by atoms with Crippen molar-refractivity contribution in [3.63, 3.8) is 0 Å². The molecule has 0 atom stereocenters. The predicted molar refractivity (Wildman–Crippen MR) is 137 cm³/mol. The molecule has 0 unspecified atom stereocenters. The van der Waals surface area contributed by atoms with Crippen LogP contribution in [0.25, 0.3) is 11.3 Å². The van der Waals surface area contributed by atoms with E-state index in [0.29, 0.717) is 49.3 Å². The zero-order valence-corrected chi connectivity index (χ0v) is 20.9. The van der Waals surface area contributed by atoms with E-state index in [0.717, 1.165) is 24.2 Å². The Balaban J connectivity index is 1.35. The van der Waals surface area contributed by atoms with Crippen LogP contribution in [-0.4, -0.2) is 21.2 Å². The highest BCUT2D eigenvalue weighted by Gasteiger charge is 2.33. The van der Waals surface area contributed by atoms with E-state index in [1.54, 1.807) is 42.5 Å². The lowest BCUT2D eigenvalue weighted by molar-refractivity contribution is 0.0696. The van der Waals surface area contributed by atoms with Crippen molar-refractivity contribution in [1.29, 1.82) is 0 Å². The van der Waals surface area contributed by atoms with E-state index in [1.807, 2.05) is 0 Å². The van der Waals surface area contributed by atoms with Crippen LogP contribution in [0.15, 0.2) is 59.3 Å². The molecule has 36 heavy (non-hydrogen) atoms. The number of pyridine rings is 1. The minimum Gasteiger partial charge on any atom is -0.489 e. The lowest BCUT2D eigenvalue weighted by Crippen LogP contribution is -2.00. The number of carboxylic acids is 1. The second-order valence-corrected chi connectivity index (χ2v) is 9.38. The van der Waals surface area contributed by atoms with Crippen LogP contribution >= 0.6 is 34.8 Å². The molecule has 6 nitrogen and oxygen atoms in total. The summed E-state index contributed by atoms with van der Waals surface area (Å²) in [4.78, 5) is 15.0. The van der Waals surface area contributed by atoms with Gasteiger partial charge in [-0.15, -0.1) is 0 Å². The number of hydrogen-bond acceptors (Lipinski definition) is 5. The molecule has 1 aliphatic carbocycles. The maximum Gasteiger partial charge on any atom is 0.337 e. The molecule has 0 saturated heterocycles. The van der Waals surface area contributed by atoms with Gasteiger partial charge in [0.2, 0.25) is 0 Å². The number of carboxylic acid groups (broad SMARTS) is 1. The fourth-order valence-corrected chi connectivity index (χ4v) is 4.41. The second-order valence-electron chi connectivity index (χ2n) is 8.16. The second kappa shape index (κ2) is 10.2. The van der Waals surface area contributed by atoms with Gasteiger partial charge in [0.15, 0.2) is 0 Å². The fraction of sp³-hybridized carbons (Fsp3) is 0.148. The van der Waals surface area contributed by atoms with Gasteiger partial charge in [0.25, 0.3) is 0 Å². The van der Waals surface area contributed by atoms with Crippen LogP contribution in [-0.2, 0) is 6.61 Å². The normalized spacial score (nSPS) is 12.6. The average Bonchev–Trinajstić information content (AvgIpc) is 3.62. The van der Waals surface area contributed by atoms with Crippen molar-refractivity contribution in [1.82, 2.24) is 10.1 Å². The van der Waals surface area contributed by atoms with Crippen LogP contribution in [0.2, 0.25) is 15.1 Å². The van der Waals surface area contributed by atoms with Crippen LogP contribution in [0, 0.1) is 11.8 Å². The molecule has 9 heteroatoms.